The number of hydrogen-bond donors (Lipinski definition) is 3. The maximum Gasteiger partial charge on any atom is 0.240 e. The number of hydrogen-bond acceptors (Lipinski definition) is 3. The fourth-order valence-electron chi connectivity index (χ4n) is 1.36. The minimum absolute atomic E-state index is 0.0723. The fourth-order valence-corrected chi connectivity index (χ4v) is 2.83. The Morgan fingerprint density at radius 2 is 2.11 bits per heavy atom. The van der Waals surface area contributed by atoms with E-state index in [1.807, 2.05) is 0 Å². The van der Waals surface area contributed by atoms with Gasteiger partial charge in [0.05, 0.1) is 11.4 Å². The van der Waals surface area contributed by atoms with E-state index in [-0.39, 0.29) is 23.9 Å². The first-order valence-corrected chi connectivity index (χ1v) is 7.00. The lowest BCUT2D eigenvalue weighted by atomic mass is 10.2. The van der Waals surface area contributed by atoms with Gasteiger partial charge in [0, 0.05) is 11.6 Å². The summed E-state index contributed by atoms with van der Waals surface area (Å²) in [6.07, 6.45) is 0. The molecular weight excluding hydrogens is 276 g/mol. The van der Waals surface area contributed by atoms with Crippen LogP contribution in [0.25, 0.3) is 0 Å². The molecule has 1 aromatic carbocycles. The van der Waals surface area contributed by atoms with E-state index in [0.29, 0.717) is 10.6 Å². The molecule has 0 aliphatic carbocycles. The molecule has 6 nitrogen and oxygen atoms in total. The first-order chi connectivity index (χ1) is 8.33. The van der Waals surface area contributed by atoms with Crippen molar-refractivity contribution in [2.24, 2.45) is 16.5 Å². The number of rotatable bonds is 5. The van der Waals surface area contributed by atoms with Crippen molar-refractivity contribution in [2.75, 3.05) is 13.1 Å². The maximum absolute atomic E-state index is 11.9. The minimum atomic E-state index is -3.57. The van der Waals surface area contributed by atoms with E-state index in [9.17, 15) is 8.42 Å². The monoisotopic (exact) mass is 290 g/mol. The zero-order chi connectivity index (χ0) is 13.8. The lowest BCUT2D eigenvalue weighted by molar-refractivity contribution is 0.581. The zero-order valence-electron chi connectivity index (χ0n) is 9.85. The van der Waals surface area contributed by atoms with E-state index in [1.54, 1.807) is 13.0 Å². The van der Waals surface area contributed by atoms with Gasteiger partial charge < -0.3 is 11.5 Å². The van der Waals surface area contributed by atoms with Crippen molar-refractivity contribution in [1.82, 2.24) is 4.72 Å². The summed E-state index contributed by atoms with van der Waals surface area (Å²) in [6.45, 7) is 1.99. The molecule has 0 unspecified atom stereocenters. The lowest BCUT2D eigenvalue weighted by Crippen LogP contribution is -2.29. The van der Waals surface area contributed by atoms with Gasteiger partial charge in [0.2, 0.25) is 10.0 Å². The van der Waals surface area contributed by atoms with Gasteiger partial charge in [-0.05, 0) is 30.7 Å². The number of nitrogens with two attached hydrogens (primary N) is 2. The van der Waals surface area contributed by atoms with Crippen LogP contribution in [0.3, 0.4) is 0 Å². The molecule has 5 N–H and O–H groups in total. The Bertz CT molecular complexity index is 553. The lowest BCUT2D eigenvalue weighted by Gasteiger charge is -2.08. The highest BCUT2D eigenvalue weighted by molar-refractivity contribution is 7.89. The third kappa shape index (κ3) is 4.17. The molecular formula is C10H15ClN4O2S. The van der Waals surface area contributed by atoms with Crippen molar-refractivity contribution >= 4 is 27.6 Å². The third-order valence-electron chi connectivity index (χ3n) is 2.12. The van der Waals surface area contributed by atoms with Gasteiger partial charge in [-0.1, -0.05) is 11.6 Å². The third-order valence-corrected chi connectivity index (χ3v) is 3.98. The summed E-state index contributed by atoms with van der Waals surface area (Å²) < 4.78 is 26.3. The molecule has 0 heterocycles. The highest BCUT2D eigenvalue weighted by atomic mass is 35.5. The Kier molecular flexibility index (Phi) is 4.94. The van der Waals surface area contributed by atoms with Gasteiger partial charge >= 0.3 is 0 Å². The van der Waals surface area contributed by atoms with E-state index < -0.39 is 10.0 Å². The van der Waals surface area contributed by atoms with Gasteiger partial charge in [-0.2, -0.15) is 0 Å². The van der Waals surface area contributed by atoms with E-state index in [4.69, 9.17) is 23.1 Å². The van der Waals surface area contributed by atoms with Crippen LogP contribution in [0, 0.1) is 6.92 Å². The quantitative estimate of drug-likeness (QED) is 0.409. The van der Waals surface area contributed by atoms with Gasteiger partial charge in [-0.15, -0.1) is 0 Å². The molecule has 0 bridgehead atoms. The van der Waals surface area contributed by atoms with E-state index in [0.717, 1.165) is 0 Å². The highest BCUT2D eigenvalue weighted by Gasteiger charge is 2.15. The molecule has 8 heteroatoms. The number of aliphatic imine (C=N–C) groups is 1. The molecule has 100 valence electrons. The maximum atomic E-state index is 11.9. The summed E-state index contributed by atoms with van der Waals surface area (Å²) in [5, 5.41) is 0.493. The Balaban J connectivity index is 2.77. The average molecular weight is 291 g/mol. The van der Waals surface area contributed by atoms with Crippen molar-refractivity contribution in [3.8, 4) is 0 Å². The number of benzene rings is 1. The van der Waals surface area contributed by atoms with Crippen LogP contribution in [0.1, 0.15) is 5.56 Å². The SMILES string of the molecule is Cc1cc(Cl)ccc1S(=O)(=O)NCCN=C(N)N. The molecule has 18 heavy (non-hydrogen) atoms. The molecule has 1 aromatic rings. The molecule has 0 radical (unpaired) electrons. The summed E-state index contributed by atoms with van der Waals surface area (Å²) in [5.74, 6) is -0.0723. The first kappa shape index (κ1) is 14.7. The molecule has 0 aromatic heterocycles. The highest BCUT2D eigenvalue weighted by Crippen LogP contribution is 2.19. The van der Waals surface area contributed by atoms with Crippen LogP contribution in [-0.2, 0) is 10.0 Å². The van der Waals surface area contributed by atoms with Crippen LogP contribution in [0.5, 0.6) is 0 Å². The Morgan fingerprint density at radius 1 is 1.44 bits per heavy atom. The van der Waals surface area contributed by atoms with Crippen LogP contribution >= 0.6 is 11.6 Å². The zero-order valence-corrected chi connectivity index (χ0v) is 11.4. The van der Waals surface area contributed by atoms with Crippen LogP contribution in [0.15, 0.2) is 28.1 Å². The minimum Gasteiger partial charge on any atom is -0.370 e. The summed E-state index contributed by atoms with van der Waals surface area (Å²) in [7, 11) is -3.57. The van der Waals surface area contributed by atoms with E-state index >= 15 is 0 Å². The van der Waals surface area contributed by atoms with E-state index in [2.05, 4.69) is 9.71 Å². The van der Waals surface area contributed by atoms with Crippen LogP contribution in [0.2, 0.25) is 5.02 Å². The Labute approximate surface area is 111 Å². The number of nitrogens with zero attached hydrogens (tertiary/aromatic N) is 1. The number of guanidine groups is 1. The second-order valence-corrected chi connectivity index (χ2v) is 5.79. The Hall–Kier alpha value is -1.31. The first-order valence-electron chi connectivity index (χ1n) is 5.14. The van der Waals surface area contributed by atoms with Crippen molar-refractivity contribution < 1.29 is 8.42 Å². The molecule has 0 saturated carbocycles. The normalized spacial score (nSPS) is 11.2. The number of aryl methyl sites for hydroxylation is 1. The largest absolute Gasteiger partial charge is 0.370 e. The molecule has 0 saturated heterocycles. The van der Waals surface area contributed by atoms with Crippen molar-refractivity contribution in [3.63, 3.8) is 0 Å². The van der Waals surface area contributed by atoms with Crippen LogP contribution < -0.4 is 16.2 Å². The average Bonchev–Trinajstić information content (AvgIpc) is 2.23. The standard InChI is InChI=1S/C10H15ClN4O2S/c1-7-6-8(11)2-3-9(7)18(16,17)15-5-4-14-10(12)13/h2-3,6,15H,4-5H2,1H3,(H4,12,13,14). The number of sulfonamides is 1. The van der Waals surface area contributed by atoms with Crippen molar-refractivity contribution in [1.29, 1.82) is 0 Å². The second kappa shape index (κ2) is 6.03. The summed E-state index contributed by atoms with van der Waals surface area (Å²) in [4.78, 5) is 3.87. The Morgan fingerprint density at radius 3 is 2.67 bits per heavy atom. The van der Waals surface area contributed by atoms with Crippen LogP contribution in [-0.4, -0.2) is 27.5 Å². The second-order valence-electron chi connectivity index (χ2n) is 3.61. The number of nitrogens with one attached hydrogen (secondary N) is 1. The smallest absolute Gasteiger partial charge is 0.240 e. The predicted octanol–water partition coefficient (Wildman–Crippen LogP) is 0.200. The van der Waals surface area contributed by atoms with Gasteiger partial charge in [-0.25, -0.2) is 13.1 Å². The van der Waals surface area contributed by atoms with Gasteiger partial charge in [0.25, 0.3) is 0 Å². The van der Waals surface area contributed by atoms with Crippen LogP contribution in [0.4, 0.5) is 0 Å². The molecule has 0 amide bonds. The molecule has 0 atom stereocenters. The molecule has 0 aliphatic rings. The van der Waals surface area contributed by atoms with Gasteiger partial charge in [0.15, 0.2) is 5.96 Å². The molecule has 0 spiro atoms. The topological polar surface area (TPSA) is 111 Å². The predicted molar refractivity (Wildman–Crippen MR) is 72.1 cm³/mol. The fraction of sp³-hybridized carbons (Fsp3) is 0.300. The summed E-state index contributed by atoms with van der Waals surface area (Å²) in [5.41, 5.74) is 10.8. The summed E-state index contributed by atoms with van der Waals surface area (Å²) in [6, 6.07) is 4.58. The molecule has 0 fully saturated rings. The van der Waals surface area contributed by atoms with Crippen molar-refractivity contribution in [2.45, 2.75) is 11.8 Å². The summed E-state index contributed by atoms with van der Waals surface area (Å²) >= 11 is 5.77. The van der Waals surface area contributed by atoms with E-state index in [1.165, 1.54) is 12.1 Å². The van der Waals surface area contributed by atoms with Gasteiger partial charge in [0.1, 0.15) is 0 Å². The number of halogens is 1. The van der Waals surface area contributed by atoms with Crippen molar-refractivity contribution in [3.05, 3.63) is 28.8 Å². The molecule has 1 rings (SSSR count). The molecule has 0 aliphatic heterocycles. The van der Waals surface area contributed by atoms with Gasteiger partial charge in [-0.3, -0.25) is 4.99 Å².